The molecule has 1 rings (SSSR count). The number of alkyl halides is 2. The summed E-state index contributed by atoms with van der Waals surface area (Å²) < 4.78 is 24.7. The molecule has 1 aliphatic rings. The first kappa shape index (κ1) is 8.79. The number of nitrogens with zero attached hydrogens (tertiary/aromatic N) is 1. The van der Waals surface area contributed by atoms with E-state index in [9.17, 15) is 8.78 Å². The molecule has 0 aliphatic carbocycles. The Morgan fingerprint density at radius 1 is 1.36 bits per heavy atom. The van der Waals surface area contributed by atoms with Gasteiger partial charge in [0.05, 0.1) is 0 Å². The van der Waals surface area contributed by atoms with Gasteiger partial charge in [-0.1, -0.05) is 0 Å². The quantitative estimate of drug-likeness (QED) is 0.556. The molecule has 0 aromatic heterocycles. The molecule has 0 spiro atoms. The zero-order valence-corrected chi connectivity index (χ0v) is 6.83. The van der Waals surface area contributed by atoms with Gasteiger partial charge in [-0.25, -0.2) is 15.4 Å². The minimum absolute atomic E-state index is 0.346. The Morgan fingerprint density at radius 3 is 2.18 bits per heavy atom. The van der Waals surface area contributed by atoms with Crippen molar-refractivity contribution in [3.8, 4) is 0 Å². The summed E-state index contributed by atoms with van der Waals surface area (Å²) in [7, 11) is 0. The summed E-state index contributed by atoms with van der Waals surface area (Å²) in [5.41, 5.74) is -1.34. The maximum Gasteiger partial charge on any atom is 0.314 e. The first-order valence-corrected chi connectivity index (χ1v) is 4.61. The molecule has 0 amide bonds. The van der Waals surface area contributed by atoms with Crippen molar-refractivity contribution in [3.63, 3.8) is 0 Å². The molecule has 0 saturated carbocycles. The third-order valence-electron chi connectivity index (χ3n) is 1.99. The Labute approximate surface area is 69.0 Å². The van der Waals surface area contributed by atoms with Crippen molar-refractivity contribution < 1.29 is 8.78 Å². The molecule has 0 N–H and O–H groups in total. The average molecular weight is 177 g/mol. The van der Waals surface area contributed by atoms with Crippen LogP contribution in [0.25, 0.3) is 4.85 Å². The molecule has 0 unspecified atom stereocenters. The van der Waals surface area contributed by atoms with Crippen molar-refractivity contribution in [1.82, 2.24) is 0 Å². The van der Waals surface area contributed by atoms with Crippen LogP contribution in [0.5, 0.6) is 0 Å². The molecule has 1 saturated heterocycles. The fraction of sp³-hybridized carbons (Fsp3) is 0.857. The van der Waals surface area contributed by atoms with Crippen molar-refractivity contribution in [2.75, 3.05) is 11.5 Å². The highest BCUT2D eigenvalue weighted by molar-refractivity contribution is 7.99. The maximum absolute atomic E-state index is 12.4. The molecular formula is C7H9F2NS. The Bertz CT molecular complexity index is 170. The molecule has 4 heteroatoms. The van der Waals surface area contributed by atoms with E-state index in [0.29, 0.717) is 24.3 Å². The van der Waals surface area contributed by atoms with Crippen LogP contribution in [-0.4, -0.2) is 23.5 Å². The Kier molecular flexibility index (Phi) is 2.72. The minimum atomic E-state index is -2.47. The van der Waals surface area contributed by atoms with E-state index in [1.807, 2.05) is 0 Å². The molecule has 0 radical (unpaired) electrons. The lowest BCUT2D eigenvalue weighted by Crippen LogP contribution is -2.37. The van der Waals surface area contributed by atoms with E-state index in [2.05, 4.69) is 4.85 Å². The van der Waals surface area contributed by atoms with Gasteiger partial charge >= 0.3 is 6.43 Å². The van der Waals surface area contributed by atoms with E-state index < -0.39 is 12.0 Å². The Morgan fingerprint density at radius 2 is 1.91 bits per heavy atom. The van der Waals surface area contributed by atoms with Crippen molar-refractivity contribution >= 4 is 11.8 Å². The van der Waals surface area contributed by atoms with Gasteiger partial charge in [0.1, 0.15) is 0 Å². The number of hydrogen-bond acceptors (Lipinski definition) is 1. The zero-order valence-electron chi connectivity index (χ0n) is 6.02. The van der Waals surface area contributed by atoms with Gasteiger partial charge in [-0.3, -0.25) is 0 Å². The van der Waals surface area contributed by atoms with E-state index in [-0.39, 0.29) is 0 Å². The molecule has 0 bridgehead atoms. The second-order valence-electron chi connectivity index (χ2n) is 2.63. The van der Waals surface area contributed by atoms with Crippen molar-refractivity contribution in [2.45, 2.75) is 24.8 Å². The smallest absolute Gasteiger partial charge is 0.304 e. The lowest BCUT2D eigenvalue weighted by atomic mass is 9.94. The molecule has 1 aliphatic heterocycles. The van der Waals surface area contributed by atoms with E-state index in [1.165, 1.54) is 0 Å². The summed E-state index contributed by atoms with van der Waals surface area (Å²) in [4.78, 5) is 3.07. The fourth-order valence-electron chi connectivity index (χ4n) is 1.10. The largest absolute Gasteiger partial charge is 0.314 e. The van der Waals surface area contributed by atoms with Crippen LogP contribution in [0, 0.1) is 6.57 Å². The highest BCUT2D eigenvalue weighted by atomic mass is 32.2. The van der Waals surface area contributed by atoms with Crippen molar-refractivity contribution in [1.29, 1.82) is 0 Å². The van der Waals surface area contributed by atoms with Gasteiger partial charge in [-0.15, -0.1) is 0 Å². The van der Waals surface area contributed by atoms with Gasteiger partial charge in [0, 0.05) is 24.3 Å². The molecule has 1 heterocycles. The predicted molar refractivity (Wildman–Crippen MR) is 41.9 cm³/mol. The maximum atomic E-state index is 12.4. The third-order valence-corrected chi connectivity index (χ3v) is 2.97. The van der Waals surface area contributed by atoms with Gasteiger partial charge in [0.25, 0.3) is 5.54 Å². The van der Waals surface area contributed by atoms with Crippen LogP contribution in [0.4, 0.5) is 8.78 Å². The Hall–Kier alpha value is -0.300. The van der Waals surface area contributed by atoms with Crippen LogP contribution >= 0.6 is 11.8 Å². The summed E-state index contributed by atoms with van der Waals surface area (Å²) in [5.74, 6) is 1.40. The van der Waals surface area contributed by atoms with Crippen LogP contribution in [-0.2, 0) is 0 Å². The minimum Gasteiger partial charge on any atom is -0.304 e. The summed E-state index contributed by atoms with van der Waals surface area (Å²) in [5, 5.41) is 0. The van der Waals surface area contributed by atoms with Crippen molar-refractivity contribution in [2.24, 2.45) is 0 Å². The number of halogens is 2. The summed E-state index contributed by atoms with van der Waals surface area (Å²) in [6.07, 6.45) is -1.78. The molecule has 1 fully saturated rings. The predicted octanol–water partition coefficient (Wildman–Crippen LogP) is 2.44. The summed E-state index contributed by atoms with van der Waals surface area (Å²) in [6, 6.07) is 0. The van der Waals surface area contributed by atoms with Gasteiger partial charge in [-0.05, 0) is 0 Å². The van der Waals surface area contributed by atoms with Gasteiger partial charge in [-0.2, -0.15) is 11.8 Å². The molecule has 11 heavy (non-hydrogen) atoms. The lowest BCUT2D eigenvalue weighted by Gasteiger charge is -2.24. The van der Waals surface area contributed by atoms with Crippen LogP contribution < -0.4 is 0 Å². The molecule has 0 aromatic rings. The summed E-state index contributed by atoms with van der Waals surface area (Å²) >= 11 is 1.65. The first-order valence-electron chi connectivity index (χ1n) is 3.46. The number of rotatable bonds is 1. The van der Waals surface area contributed by atoms with Crippen LogP contribution in [0.1, 0.15) is 12.8 Å². The standard InChI is InChI=1S/C7H9F2NS/c1-10-7(6(8)9)2-4-11-5-3-7/h6H,2-5H2. The topological polar surface area (TPSA) is 4.36 Å². The van der Waals surface area contributed by atoms with E-state index in [4.69, 9.17) is 6.57 Å². The van der Waals surface area contributed by atoms with Crippen LogP contribution in [0.3, 0.4) is 0 Å². The van der Waals surface area contributed by atoms with Gasteiger partial charge in [0.15, 0.2) is 0 Å². The molecule has 0 aromatic carbocycles. The average Bonchev–Trinajstić information content (AvgIpc) is 2.05. The normalized spacial score (nSPS) is 23.1. The Balaban J connectivity index is 2.67. The van der Waals surface area contributed by atoms with Crippen LogP contribution in [0.15, 0.2) is 0 Å². The first-order chi connectivity index (χ1) is 5.21. The number of hydrogen-bond donors (Lipinski definition) is 0. The highest BCUT2D eigenvalue weighted by Gasteiger charge is 2.47. The molecule has 0 atom stereocenters. The molecular weight excluding hydrogens is 168 g/mol. The molecule has 62 valence electrons. The lowest BCUT2D eigenvalue weighted by molar-refractivity contribution is 0.0703. The monoisotopic (exact) mass is 177 g/mol. The van der Waals surface area contributed by atoms with E-state index in [1.54, 1.807) is 11.8 Å². The second-order valence-corrected chi connectivity index (χ2v) is 3.85. The van der Waals surface area contributed by atoms with Gasteiger partial charge in [0.2, 0.25) is 0 Å². The fourth-order valence-corrected chi connectivity index (χ4v) is 2.30. The van der Waals surface area contributed by atoms with Crippen LogP contribution in [0.2, 0.25) is 0 Å². The highest BCUT2D eigenvalue weighted by Crippen LogP contribution is 2.35. The second kappa shape index (κ2) is 3.40. The zero-order chi connectivity index (χ0) is 8.32. The van der Waals surface area contributed by atoms with Gasteiger partial charge < -0.3 is 4.85 Å². The third kappa shape index (κ3) is 1.64. The summed E-state index contributed by atoms with van der Waals surface area (Å²) in [6.45, 7) is 6.71. The molecule has 1 nitrogen and oxygen atoms in total. The SMILES string of the molecule is [C-]#[N+]C1(C(F)F)CCSCC1. The van der Waals surface area contributed by atoms with Crippen molar-refractivity contribution in [3.05, 3.63) is 11.4 Å². The number of thioether (sulfide) groups is 1. The van der Waals surface area contributed by atoms with E-state index in [0.717, 1.165) is 0 Å². The van der Waals surface area contributed by atoms with E-state index >= 15 is 0 Å².